The summed E-state index contributed by atoms with van der Waals surface area (Å²) >= 11 is 3.57. The minimum atomic E-state index is 0.622. The van der Waals surface area contributed by atoms with E-state index < -0.39 is 0 Å². The number of nitrogens with two attached hydrogens (primary N) is 1. The van der Waals surface area contributed by atoms with E-state index in [-0.39, 0.29) is 0 Å². The van der Waals surface area contributed by atoms with Crippen molar-refractivity contribution < 1.29 is 0 Å². The first-order chi connectivity index (χ1) is 6.77. The molecule has 0 amide bonds. The van der Waals surface area contributed by atoms with Crippen molar-refractivity contribution in [2.24, 2.45) is 11.7 Å². The molecule has 2 rings (SSSR count). The van der Waals surface area contributed by atoms with Crippen molar-refractivity contribution >= 4 is 15.9 Å². The molecule has 1 aromatic rings. The van der Waals surface area contributed by atoms with Gasteiger partial charge in [-0.3, -0.25) is 4.68 Å². The van der Waals surface area contributed by atoms with Crippen LogP contribution in [0.1, 0.15) is 31.4 Å². The number of aryl methyl sites for hydroxylation is 1. The highest BCUT2D eigenvalue weighted by Gasteiger charge is 2.34. The quantitative estimate of drug-likeness (QED) is 0.902. The zero-order valence-corrected chi connectivity index (χ0v) is 10.00. The van der Waals surface area contributed by atoms with Gasteiger partial charge in [-0.2, -0.15) is 5.10 Å². The van der Waals surface area contributed by atoms with Gasteiger partial charge in [0, 0.05) is 12.5 Å². The Morgan fingerprint density at radius 2 is 2.43 bits per heavy atom. The molecule has 1 heterocycles. The van der Waals surface area contributed by atoms with Crippen molar-refractivity contribution in [2.45, 2.75) is 32.2 Å². The third kappa shape index (κ3) is 1.50. The third-order valence-electron chi connectivity index (χ3n) is 3.20. The number of nitrogens with zero attached hydrogens (tertiary/aromatic N) is 2. The zero-order chi connectivity index (χ0) is 10.1. The summed E-state index contributed by atoms with van der Waals surface area (Å²) in [5.41, 5.74) is 7.07. The van der Waals surface area contributed by atoms with Crippen LogP contribution in [0.15, 0.2) is 10.7 Å². The molecule has 78 valence electrons. The second-order valence-electron chi connectivity index (χ2n) is 3.87. The van der Waals surface area contributed by atoms with E-state index in [2.05, 4.69) is 32.6 Å². The fourth-order valence-electron chi connectivity index (χ4n) is 2.20. The maximum atomic E-state index is 5.73. The van der Waals surface area contributed by atoms with Gasteiger partial charge in [0.2, 0.25) is 0 Å². The molecular weight excluding hydrogens is 242 g/mol. The first-order valence-corrected chi connectivity index (χ1v) is 5.98. The lowest BCUT2D eigenvalue weighted by Gasteiger charge is -2.36. The summed E-state index contributed by atoms with van der Waals surface area (Å²) < 4.78 is 3.22. The summed E-state index contributed by atoms with van der Waals surface area (Å²) in [6.07, 6.45) is 4.42. The molecule has 0 bridgehead atoms. The van der Waals surface area contributed by atoms with Crippen molar-refractivity contribution in [2.75, 3.05) is 6.54 Å². The fourth-order valence-corrected chi connectivity index (χ4v) is 2.79. The first-order valence-electron chi connectivity index (χ1n) is 5.19. The molecule has 1 fully saturated rings. The Morgan fingerprint density at radius 1 is 1.64 bits per heavy atom. The Bertz CT molecular complexity index is 319. The summed E-state index contributed by atoms with van der Waals surface area (Å²) in [7, 11) is 0. The third-order valence-corrected chi connectivity index (χ3v) is 3.82. The first kappa shape index (κ1) is 10.2. The van der Waals surface area contributed by atoms with Gasteiger partial charge in [-0.05, 0) is 48.2 Å². The number of hydrogen-bond donors (Lipinski definition) is 1. The van der Waals surface area contributed by atoms with Gasteiger partial charge in [-0.25, -0.2) is 0 Å². The Labute approximate surface area is 92.8 Å². The SMILES string of the molecule is CCn1ncc(Br)c1C1CCC1CN. The van der Waals surface area contributed by atoms with Gasteiger partial charge in [0.15, 0.2) is 0 Å². The van der Waals surface area contributed by atoms with Gasteiger partial charge in [0.1, 0.15) is 0 Å². The van der Waals surface area contributed by atoms with Gasteiger partial charge in [0.05, 0.1) is 16.4 Å². The predicted molar refractivity (Wildman–Crippen MR) is 60.1 cm³/mol. The van der Waals surface area contributed by atoms with E-state index in [9.17, 15) is 0 Å². The zero-order valence-electron chi connectivity index (χ0n) is 8.41. The van der Waals surface area contributed by atoms with Crippen LogP contribution in [-0.4, -0.2) is 16.3 Å². The second-order valence-corrected chi connectivity index (χ2v) is 4.73. The van der Waals surface area contributed by atoms with Crippen molar-refractivity contribution in [3.63, 3.8) is 0 Å². The molecule has 0 aliphatic heterocycles. The number of halogens is 1. The highest BCUT2D eigenvalue weighted by atomic mass is 79.9. The van der Waals surface area contributed by atoms with Crippen molar-refractivity contribution in [3.8, 4) is 0 Å². The molecule has 1 saturated carbocycles. The largest absolute Gasteiger partial charge is 0.330 e. The average Bonchev–Trinajstić information content (AvgIpc) is 2.48. The minimum Gasteiger partial charge on any atom is -0.330 e. The Balaban J connectivity index is 2.26. The Hall–Kier alpha value is -0.350. The molecular formula is C10H16BrN3. The van der Waals surface area contributed by atoms with Gasteiger partial charge >= 0.3 is 0 Å². The van der Waals surface area contributed by atoms with Gasteiger partial charge in [-0.1, -0.05) is 0 Å². The normalized spacial score (nSPS) is 26.2. The summed E-state index contributed by atoms with van der Waals surface area (Å²) in [5, 5.41) is 4.33. The van der Waals surface area contributed by atoms with Crippen LogP contribution in [0.5, 0.6) is 0 Å². The molecule has 0 radical (unpaired) electrons. The van der Waals surface area contributed by atoms with E-state index in [0.29, 0.717) is 11.8 Å². The molecule has 4 heteroatoms. The van der Waals surface area contributed by atoms with Crippen molar-refractivity contribution in [3.05, 3.63) is 16.4 Å². The molecule has 1 aliphatic rings. The smallest absolute Gasteiger partial charge is 0.0635 e. The lowest BCUT2D eigenvalue weighted by atomic mass is 9.72. The number of rotatable bonds is 3. The predicted octanol–water partition coefficient (Wildman–Crippen LogP) is 2.12. The molecule has 2 unspecified atom stereocenters. The van der Waals surface area contributed by atoms with E-state index in [0.717, 1.165) is 17.6 Å². The maximum absolute atomic E-state index is 5.73. The van der Waals surface area contributed by atoms with Crippen LogP contribution in [0.2, 0.25) is 0 Å². The van der Waals surface area contributed by atoms with Crippen LogP contribution in [-0.2, 0) is 6.54 Å². The van der Waals surface area contributed by atoms with E-state index in [1.807, 2.05) is 6.20 Å². The average molecular weight is 258 g/mol. The van der Waals surface area contributed by atoms with Gasteiger partial charge in [-0.15, -0.1) is 0 Å². The van der Waals surface area contributed by atoms with E-state index in [1.165, 1.54) is 18.5 Å². The monoisotopic (exact) mass is 257 g/mol. The molecule has 2 N–H and O–H groups in total. The van der Waals surface area contributed by atoms with Crippen LogP contribution in [0.25, 0.3) is 0 Å². The van der Waals surface area contributed by atoms with Crippen LogP contribution < -0.4 is 5.73 Å². The van der Waals surface area contributed by atoms with Gasteiger partial charge < -0.3 is 5.73 Å². The standard InChI is InChI=1S/C10H16BrN3/c1-2-14-10(9(11)6-13-14)8-4-3-7(8)5-12/h6-8H,2-5,12H2,1H3. The highest BCUT2D eigenvalue weighted by Crippen LogP contribution is 2.44. The minimum absolute atomic E-state index is 0.622. The Kier molecular flexibility index (Phi) is 2.93. The molecule has 0 saturated heterocycles. The topological polar surface area (TPSA) is 43.8 Å². The highest BCUT2D eigenvalue weighted by molar-refractivity contribution is 9.10. The van der Waals surface area contributed by atoms with Gasteiger partial charge in [0.25, 0.3) is 0 Å². The number of hydrogen-bond acceptors (Lipinski definition) is 2. The fraction of sp³-hybridized carbons (Fsp3) is 0.700. The maximum Gasteiger partial charge on any atom is 0.0635 e. The lowest BCUT2D eigenvalue weighted by molar-refractivity contribution is 0.249. The lowest BCUT2D eigenvalue weighted by Crippen LogP contribution is -2.32. The molecule has 2 atom stereocenters. The second kappa shape index (κ2) is 4.03. The summed E-state index contributed by atoms with van der Waals surface area (Å²) in [6, 6.07) is 0. The van der Waals surface area contributed by atoms with Crippen LogP contribution >= 0.6 is 15.9 Å². The molecule has 3 nitrogen and oxygen atoms in total. The van der Waals surface area contributed by atoms with E-state index >= 15 is 0 Å². The molecule has 0 spiro atoms. The summed E-state index contributed by atoms with van der Waals surface area (Å²) in [5.74, 6) is 1.28. The molecule has 14 heavy (non-hydrogen) atoms. The van der Waals surface area contributed by atoms with Crippen LogP contribution in [0.4, 0.5) is 0 Å². The van der Waals surface area contributed by atoms with Crippen molar-refractivity contribution in [1.82, 2.24) is 9.78 Å². The molecule has 1 aromatic heterocycles. The Morgan fingerprint density at radius 3 is 2.93 bits per heavy atom. The van der Waals surface area contributed by atoms with Crippen molar-refractivity contribution in [1.29, 1.82) is 0 Å². The van der Waals surface area contributed by atoms with E-state index in [1.54, 1.807) is 0 Å². The summed E-state index contributed by atoms with van der Waals surface area (Å²) in [6.45, 7) is 3.86. The summed E-state index contributed by atoms with van der Waals surface area (Å²) in [4.78, 5) is 0. The molecule has 0 aromatic carbocycles. The van der Waals surface area contributed by atoms with Crippen LogP contribution in [0.3, 0.4) is 0 Å². The number of aromatic nitrogens is 2. The van der Waals surface area contributed by atoms with E-state index in [4.69, 9.17) is 5.73 Å². The molecule has 1 aliphatic carbocycles. The van der Waals surface area contributed by atoms with Crippen LogP contribution in [0, 0.1) is 5.92 Å².